The van der Waals surface area contributed by atoms with Gasteiger partial charge in [-0.2, -0.15) is 0 Å². The maximum Gasteiger partial charge on any atom is 0.124 e. The van der Waals surface area contributed by atoms with Crippen molar-refractivity contribution in [2.45, 2.75) is 4.90 Å². The maximum atomic E-state index is 5.54. The van der Waals surface area contributed by atoms with Gasteiger partial charge >= 0.3 is 0 Å². The average Bonchev–Trinajstić information content (AvgIpc) is 2.41. The number of benzene rings is 2. The number of anilines is 1. The third-order valence-corrected chi connectivity index (χ3v) is 3.22. The van der Waals surface area contributed by atoms with E-state index < -0.39 is 0 Å². The zero-order valence-corrected chi connectivity index (χ0v) is 12.6. The molecule has 3 aromatic rings. The fraction of sp³-hybridized carbons (Fsp3) is 0. The van der Waals surface area contributed by atoms with E-state index in [1.54, 1.807) is 6.07 Å². The summed E-state index contributed by atoms with van der Waals surface area (Å²) in [5.41, 5.74) is 6.47. The van der Waals surface area contributed by atoms with Crippen LogP contribution in [0.4, 0.5) is 5.82 Å². The van der Waals surface area contributed by atoms with Gasteiger partial charge in [-0.3, -0.25) is 0 Å². The van der Waals surface area contributed by atoms with Gasteiger partial charge in [-0.05, 0) is 42.5 Å². The molecule has 0 saturated carbocycles. The summed E-state index contributed by atoms with van der Waals surface area (Å²) < 4.78 is 1.06. The number of halogens is 1. The van der Waals surface area contributed by atoms with E-state index >= 15 is 0 Å². The van der Waals surface area contributed by atoms with Crippen LogP contribution >= 0.6 is 28.6 Å². The topological polar surface area (TPSA) is 38.9 Å². The number of hydrogen-bond donors (Lipinski definition) is 2. The Labute approximate surface area is 126 Å². The fourth-order valence-corrected chi connectivity index (χ4v) is 2.09. The van der Waals surface area contributed by atoms with Gasteiger partial charge in [-0.25, -0.2) is 4.98 Å². The molecule has 0 spiro atoms. The highest BCUT2D eigenvalue weighted by Crippen LogP contribution is 2.18. The number of nitrogen functional groups attached to an aromatic ring is 1. The molecule has 96 valence electrons. The van der Waals surface area contributed by atoms with Gasteiger partial charge in [0.25, 0.3) is 0 Å². The Kier molecular flexibility index (Phi) is 4.82. The van der Waals surface area contributed by atoms with E-state index in [0.29, 0.717) is 5.82 Å². The quantitative estimate of drug-likeness (QED) is 0.592. The molecule has 0 amide bonds. The Morgan fingerprint density at radius 3 is 2.32 bits per heavy atom. The van der Waals surface area contributed by atoms with E-state index in [2.05, 4.69) is 33.5 Å². The number of aromatic nitrogens is 1. The second-order valence-corrected chi connectivity index (χ2v) is 5.34. The first-order chi connectivity index (χ1) is 9.15. The normalized spacial score (nSPS) is 9.79. The fourth-order valence-electron chi connectivity index (χ4n) is 1.54. The van der Waals surface area contributed by atoms with Crippen molar-refractivity contribution in [1.29, 1.82) is 0 Å². The number of fused-ring (bicyclic) bond motifs is 1. The van der Waals surface area contributed by atoms with Crippen molar-refractivity contribution < 1.29 is 0 Å². The molecule has 0 atom stereocenters. The molecule has 4 heteroatoms. The van der Waals surface area contributed by atoms with Crippen LogP contribution in [0.5, 0.6) is 0 Å². The molecule has 1 aromatic heterocycles. The Morgan fingerprint density at radius 2 is 1.68 bits per heavy atom. The summed E-state index contributed by atoms with van der Waals surface area (Å²) in [6.45, 7) is 0. The van der Waals surface area contributed by atoms with Crippen LogP contribution in [-0.4, -0.2) is 4.98 Å². The highest BCUT2D eigenvalue weighted by molar-refractivity contribution is 9.10. The molecule has 0 unspecified atom stereocenters. The van der Waals surface area contributed by atoms with Crippen LogP contribution in [0.2, 0.25) is 0 Å². The molecule has 1 heterocycles. The minimum Gasteiger partial charge on any atom is -0.384 e. The number of nitrogens with two attached hydrogens (primary N) is 1. The largest absolute Gasteiger partial charge is 0.384 e. The summed E-state index contributed by atoms with van der Waals surface area (Å²) in [6.07, 6.45) is 0. The van der Waals surface area contributed by atoms with Crippen LogP contribution in [-0.2, 0) is 0 Å². The highest BCUT2D eigenvalue weighted by Gasteiger charge is 1.95. The van der Waals surface area contributed by atoms with E-state index in [-0.39, 0.29) is 0 Å². The Morgan fingerprint density at radius 1 is 0.947 bits per heavy atom. The van der Waals surface area contributed by atoms with Crippen LogP contribution in [0.1, 0.15) is 0 Å². The zero-order chi connectivity index (χ0) is 13.7. The number of pyridine rings is 1. The van der Waals surface area contributed by atoms with Gasteiger partial charge in [-0.15, -0.1) is 12.6 Å². The lowest BCUT2D eigenvalue weighted by atomic mass is 10.2. The van der Waals surface area contributed by atoms with E-state index in [4.69, 9.17) is 5.73 Å². The van der Waals surface area contributed by atoms with Crippen LogP contribution < -0.4 is 5.73 Å². The molecule has 2 N–H and O–H groups in total. The van der Waals surface area contributed by atoms with E-state index in [0.717, 1.165) is 20.3 Å². The summed E-state index contributed by atoms with van der Waals surface area (Å²) in [6, 6.07) is 19.5. The van der Waals surface area contributed by atoms with Gasteiger partial charge in [0.2, 0.25) is 0 Å². The second kappa shape index (κ2) is 6.59. The van der Waals surface area contributed by atoms with Crippen molar-refractivity contribution in [3.8, 4) is 0 Å². The minimum absolute atomic E-state index is 0.560. The molecule has 0 aliphatic rings. The molecule has 0 aliphatic heterocycles. The maximum absolute atomic E-state index is 5.54. The van der Waals surface area contributed by atoms with Crippen LogP contribution in [0, 0.1) is 0 Å². The lowest BCUT2D eigenvalue weighted by Gasteiger charge is -1.98. The smallest absolute Gasteiger partial charge is 0.124 e. The average molecular weight is 333 g/mol. The first-order valence-electron chi connectivity index (χ1n) is 5.71. The molecule has 2 aromatic carbocycles. The van der Waals surface area contributed by atoms with Crippen molar-refractivity contribution in [2.75, 3.05) is 5.73 Å². The summed E-state index contributed by atoms with van der Waals surface area (Å²) in [4.78, 5) is 5.19. The molecule has 2 nitrogen and oxygen atoms in total. The molecule has 19 heavy (non-hydrogen) atoms. The van der Waals surface area contributed by atoms with Crippen molar-refractivity contribution in [2.24, 2.45) is 0 Å². The zero-order valence-electron chi connectivity index (χ0n) is 10.1. The van der Waals surface area contributed by atoms with E-state index in [9.17, 15) is 0 Å². The van der Waals surface area contributed by atoms with Crippen LogP contribution in [0.15, 0.2) is 70.0 Å². The van der Waals surface area contributed by atoms with Gasteiger partial charge in [0, 0.05) is 14.8 Å². The van der Waals surface area contributed by atoms with Gasteiger partial charge in [-0.1, -0.05) is 34.1 Å². The molecule has 0 saturated heterocycles. The Balaban J connectivity index is 0.000000163. The monoisotopic (exact) mass is 332 g/mol. The molecule has 0 fully saturated rings. The minimum atomic E-state index is 0.560. The van der Waals surface area contributed by atoms with Gasteiger partial charge in [0.1, 0.15) is 5.82 Å². The Bertz CT molecular complexity index is 630. The first kappa shape index (κ1) is 13.9. The van der Waals surface area contributed by atoms with Crippen molar-refractivity contribution >= 4 is 45.3 Å². The van der Waals surface area contributed by atoms with E-state index in [1.807, 2.05) is 54.6 Å². The predicted molar refractivity (Wildman–Crippen MR) is 87.5 cm³/mol. The summed E-state index contributed by atoms with van der Waals surface area (Å²) in [5.74, 6) is 0.560. The van der Waals surface area contributed by atoms with Crippen molar-refractivity contribution in [3.63, 3.8) is 0 Å². The first-order valence-corrected chi connectivity index (χ1v) is 6.95. The van der Waals surface area contributed by atoms with Gasteiger partial charge in [0.05, 0.1) is 5.52 Å². The molecule has 0 radical (unpaired) electrons. The summed E-state index contributed by atoms with van der Waals surface area (Å²) in [5, 5.41) is 1.10. The Hall–Kier alpha value is -1.52. The van der Waals surface area contributed by atoms with Gasteiger partial charge in [0.15, 0.2) is 0 Å². The summed E-state index contributed by atoms with van der Waals surface area (Å²) in [7, 11) is 0. The van der Waals surface area contributed by atoms with Crippen molar-refractivity contribution in [1.82, 2.24) is 4.98 Å². The van der Waals surface area contributed by atoms with Crippen LogP contribution in [0.3, 0.4) is 0 Å². The number of nitrogens with zero attached hydrogens (tertiary/aromatic N) is 1. The standard InChI is InChI=1S/C9H7BrN2.C6H6S/c10-7-2-3-8-6(5-7)1-4-9(11)12-8;7-6-4-2-1-3-5-6/h1-5H,(H2,11,12);1-5,7H. The predicted octanol–water partition coefficient (Wildman–Crippen LogP) is 4.55. The highest BCUT2D eigenvalue weighted by atomic mass is 79.9. The van der Waals surface area contributed by atoms with Crippen molar-refractivity contribution in [3.05, 3.63) is 65.1 Å². The molecule has 3 rings (SSSR count). The SMILES string of the molecule is Nc1ccc2cc(Br)ccc2n1.Sc1ccccc1. The third kappa shape index (κ3) is 4.26. The summed E-state index contributed by atoms with van der Waals surface area (Å²) >= 11 is 7.48. The third-order valence-electron chi connectivity index (χ3n) is 2.43. The van der Waals surface area contributed by atoms with E-state index in [1.165, 1.54) is 0 Å². The molecule has 0 aliphatic carbocycles. The lowest BCUT2D eigenvalue weighted by Crippen LogP contribution is -1.88. The second-order valence-electron chi connectivity index (χ2n) is 3.91. The number of rotatable bonds is 0. The van der Waals surface area contributed by atoms with Gasteiger partial charge < -0.3 is 5.73 Å². The number of thiol groups is 1. The molecule has 0 bridgehead atoms. The lowest BCUT2D eigenvalue weighted by molar-refractivity contribution is 1.41. The molecular weight excluding hydrogens is 320 g/mol. The van der Waals surface area contributed by atoms with Crippen LogP contribution in [0.25, 0.3) is 10.9 Å². The molecular formula is C15H13BrN2S. The number of hydrogen-bond acceptors (Lipinski definition) is 3.